The van der Waals surface area contributed by atoms with Gasteiger partial charge in [-0.3, -0.25) is 9.59 Å². The standard InChI is InChI=1S/C10H16O4/c1-5-13-9(11)8(7(3)4)10(12)14-6-2/h8H,3,5-6H2,1-2,4H3. The Morgan fingerprint density at radius 1 is 1.14 bits per heavy atom. The Labute approximate surface area is 83.9 Å². The van der Waals surface area contributed by atoms with Crippen LogP contribution in [-0.2, 0) is 19.1 Å². The Kier molecular flexibility index (Phi) is 5.60. The summed E-state index contributed by atoms with van der Waals surface area (Å²) in [5.74, 6) is -2.19. The lowest BCUT2D eigenvalue weighted by Crippen LogP contribution is -2.28. The van der Waals surface area contributed by atoms with Gasteiger partial charge in [-0.25, -0.2) is 0 Å². The van der Waals surface area contributed by atoms with Crippen LogP contribution < -0.4 is 0 Å². The summed E-state index contributed by atoms with van der Waals surface area (Å²) in [5.41, 5.74) is 0.432. The van der Waals surface area contributed by atoms with Crippen LogP contribution in [-0.4, -0.2) is 25.2 Å². The summed E-state index contributed by atoms with van der Waals surface area (Å²) in [6.07, 6.45) is 0. The fourth-order valence-electron chi connectivity index (χ4n) is 0.950. The van der Waals surface area contributed by atoms with Crippen LogP contribution in [0.2, 0.25) is 0 Å². The number of rotatable bonds is 5. The van der Waals surface area contributed by atoms with Crippen LogP contribution in [0, 0.1) is 5.92 Å². The molecule has 0 unspecified atom stereocenters. The summed E-state index contributed by atoms with van der Waals surface area (Å²) in [7, 11) is 0. The Morgan fingerprint density at radius 2 is 1.50 bits per heavy atom. The van der Waals surface area contributed by atoms with Gasteiger partial charge in [0, 0.05) is 0 Å². The van der Waals surface area contributed by atoms with E-state index >= 15 is 0 Å². The van der Waals surface area contributed by atoms with Crippen molar-refractivity contribution in [2.24, 2.45) is 5.92 Å². The Morgan fingerprint density at radius 3 is 1.71 bits per heavy atom. The molecule has 0 fully saturated rings. The summed E-state index contributed by atoms with van der Waals surface area (Å²) in [6.45, 7) is 8.99. The molecule has 0 bridgehead atoms. The van der Waals surface area contributed by atoms with Gasteiger partial charge in [-0.15, -0.1) is 0 Å². The molecule has 0 saturated heterocycles. The fraction of sp³-hybridized carbons (Fsp3) is 0.600. The maximum absolute atomic E-state index is 11.3. The zero-order valence-electron chi connectivity index (χ0n) is 8.83. The van der Waals surface area contributed by atoms with Crippen molar-refractivity contribution >= 4 is 11.9 Å². The molecule has 0 aromatic rings. The van der Waals surface area contributed by atoms with Crippen LogP contribution in [0.4, 0.5) is 0 Å². The van der Waals surface area contributed by atoms with Crippen LogP contribution in [0.15, 0.2) is 12.2 Å². The molecule has 0 aliphatic carbocycles. The number of ether oxygens (including phenoxy) is 2. The lowest BCUT2D eigenvalue weighted by Gasteiger charge is -2.13. The third-order valence-electron chi connectivity index (χ3n) is 1.54. The van der Waals surface area contributed by atoms with E-state index in [1.54, 1.807) is 20.8 Å². The van der Waals surface area contributed by atoms with Crippen LogP contribution >= 0.6 is 0 Å². The van der Waals surface area contributed by atoms with Gasteiger partial charge < -0.3 is 9.47 Å². The monoisotopic (exact) mass is 200 g/mol. The van der Waals surface area contributed by atoms with Gasteiger partial charge in [0.25, 0.3) is 0 Å². The second-order valence-corrected chi connectivity index (χ2v) is 2.78. The molecule has 0 radical (unpaired) electrons. The van der Waals surface area contributed by atoms with Crippen molar-refractivity contribution in [1.82, 2.24) is 0 Å². The first-order valence-corrected chi connectivity index (χ1v) is 4.53. The molecule has 14 heavy (non-hydrogen) atoms. The molecule has 0 N–H and O–H groups in total. The van der Waals surface area contributed by atoms with Crippen LogP contribution in [0.25, 0.3) is 0 Å². The van der Waals surface area contributed by atoms with Gasteiger partial charge in [0.05, 0.1) is 13.2 Å². The van der Waals surface area contributed by atoms with Crippen molar-refractivity contribution in [3.63, 3.8) is 0 Å². The minimum Gasteiger partial charge on any atom is -0.465 e. The number of carbonyl (C=O) groups is 2. The quantitative estimate of drug-likeness (QED) is 0.381. The zero-order valence-corrected chi connectivity index (χ0v) is 8.83. The smallest absolute Gasteiger partial charge is 0.324 e. The molecule has 0 amide bonds. The van der Waals surface area contributed by atoms with Gasteiger partial charge in [-0.05, 0) is 20.8 Å². The highest BCUT2D eigenvalue weighted by Gasteiger charge is 2.29. The summed E-state index contributed by atoms with van der Waals surface area (Å²) in [6, 6.07) is 0. The van der Waals surface area contributed by atoms with E-state index in [0.717, 1.165) is 0 Å². The number of hydrogen-bond acceptors (Lipinski definition) is 4. The van der Waals surface area contributed by atoms with Crippen LogP contribution in [0.5, 0.6) is 0 Å². The van der Waals surface area contributed by atoms with Gasteiger partial charge in [-0.2, -0.15) is 0 Å². The van der Waals surface area contributed by atoms with E-state index in [9.17, 15) is 9.59 Å². The molecule has 0 saturated carbocycles. The van der Waals surface area contributed by atoms with E-state index in [0.29, 0.717) is 5.57 Å². The van der Waals surface area contributed by atoms with Gasteiger partial charge in [0.2, 0.25) is 0 Å². The summed E-state index contributed by atoms with van der Waals surface area (Å²) in [5, 5.41) is 0. The topological polar surface area (TPSA) is 52.6 Å². The molecule has 0 aromatic carbocycles. The Hall–Kier alpha value is -1.32. The first kappa shape index (κ1) is 12.7. The Balaban J connectivity index is 4.51. The van der Waals surface area contributed by atoms with Crippen molar-refractivity contribution in [3.8, 4) is 0 Å². The van der Waals surface area contributed by atoms with Crippen molar-refractivity contribution in [3.05, 3.63) is 12.2 Å². The molecule has 0 atom stereocenters. The van der Waals surface area contributed by atoms with Crippen molar-refractivity contribution in [2.75, 3.05) is 13.2 Å². The number of carbonyl (C=O) groups excluding carboxylic acids is 2. The van der Waals surface area contributed by atoms with Crippen LogP contribution in [0.3, 0.4) is 0 Å². The molecule has 4 nitrogen and oxygen atoms in total. The Bertz CT molecular complexity index is 214. The largest absolute Gasteiger partial charge is 0.465 e. The summed E-state index contributed by atoms with van der Waals surface area (Å²) >= 11 is 0. The average Bonchev–Trinajstić information content (AvgIpc) is 2.04. The highest BCUT2D eigenvalue weighted by atomic mass is 16.6. The highest BCUT2D eigenvalue weighted by molar-refractivity contribution is 5.97. The van der Waals surface area contributed by atoms with Crippen molar-refractivity contribution < 1.29 is 19.1 Å². The van der Waals surface area contributed by atoms with Gasteiger partial charge >= 0.3 is 11.9 Å². The first-order valence-electron chi connectivity index (χ1n) is 4.53. The predicted molar refractivity (Wildman–Crippen MR) is 51.6 cm³/mol. The second kappa shape index (κ2) is 6.18. The molecule has 0 aliphatic rings. The molecule has 4 heteroatoms. The normalized spacial score (nSPS) is 9.71. The minimum absolute atomic E-state index is 0.238. The van der Waals surface area contributed by atoms with E-state index in [-0.39, 0.29) is 13.2 Å². The number of esters is 2. The highest BCUT2D eigenvalue weighted by Crippen LogP contribution is 2.12. The lowest BCUT2D eigenvalue weighted by molar-refractivity contribution is -0.159. The molecule has 0 spiro atoms. The molecular weight excluding hydrogens is 184 g/mol. The molecule has 0 aliphatic heterocycles. The molecule has 0 rings (SSSR count). The molecule has 80 valence electrons. The second-order valence-electron chi connectivity index (χ2n) is 2.78. The number of hydrogen-bond donors (Lipinski definition) is 0. The minimum atomic E-state index is -0.991. The molecule has 0 aromatic heterocycles. The van der Waals surface area contributed by atoms with E-state index in [1.807, 2.05) is 0 Å². The predicted octanol–water partition coefficient (Wildman–Crippen LogP) is 1.30. The maximum Gasteiger partial charge on any atom is 0.324 e. The van der Waals surface area contributed by atoms with Gasteiger partial charge in [0.15, 0.2) is 5.92 Å². The average molecular weight is 200 g/mol. The first-order chi connectivity index (χ1) is 6.54. The van der Waals surface area contributed by atoms with Gasteiger partial charge in [0.1, 0.15) is 0 Å². The molecule has 0 heterocycles. The maximum atomic E-state index is 11.3. The summed E-state index contributed by atoms with van der Waals surface area (Å²) in [4.78, 5) is 22.6. The fourth-order valence-corrected chi connectivity index (χ4v) is 0.950. The van der Waals surface area contributed by atoms with Gasteiger partial charge in [-0.1, -0.05) is 12.2 Å². The van der Waals surface area contributed by atoms with E-state index in [1.165, 1.54) is 0 Å². The lowest BCUT2D eigenvalue weighted by atomic mass is 10.0. The summed E-state index contributed by atoms with van der Waals surface area (Å²) < 4.78 is 9.46. The van der Waals surface area contributed by atoms with Crippen molar-refractivity contribution in [1.29, 1.82) is 0 Å². The zero-order chi connectivity index (χ0) is 11.1. The SMILES string of the molecule is C=C(C)C(C(=O)OCC)C(=O)OCC. The van der Waals surface area contributed by atoms with E-state index < -0.39 is 17.9 Å². The van der Waals surface area contributed by atoms with Crippen LogP contribution in [0.1, 0.15) is 20.8 Å². The van der Waals surface area contributed by atoms with Crippen molar-refractivity contribution in [2.45, 2.75) is 20.8 Å². The van der Waals surface area contributed by atoms with E-state index in [4.69, 9.17) is 9.47 Å². The van der Waals surface area contributed by atoms with E-state index in [2.05, 4.69) is 6.58 Å². The third-order valence-corrected chi connectivity index (χ3v) is 1.54. The third kappa shape index (κ3) is 3.60. The molecular formula is C10H16O4.